The van der Waals surface area contributed by atoms with E-state index < -0.39 is 11.9 Å². The molecule has 3 rings (SSSR count). The SMILES string of the molecule is CCOC(=O)[C@H]1C(=O)C=C(c2ccc(OCC)cc2)C[C@H]1c1ccsc1. The average Bonchev–Trinajstić information content (AvgIpc) is 3.16. The Bertz CT molecular complexity index is 790. The van der Waals surface area contributed by atoms with Gasteiger partial charge in [-0.15, -0.1) is 0 Å². The Morgan fingerprint density at radius 3 is 2.54 bits per heavy atom. The first kappa shape index (κ1) is 18.4. The Kier molecular flexibility index (Phi) is 5.89. The topological polar surface area (TPSA) is 52.6 Å². The fraction of sp³-hybridized carbons (Fsp3) is 0.333. The van der Waals surface area contributed by atoms with Gasteiger partial charge in [-0.2, -0.15) is 11.3 Å². The molecule has 0 radical (unpaired) electrons. The molecule has 1 heterocycles. The molecular formula is C21H22O4S. The maximum atomic E-state index is 12.8. The first-order valence-corrected chi connectivity index (χ1v) is 9.74. The van der Waals surface area contributed by atoms with Crippen LogP contribution in [0.5, 0.6) is 5.75 Å². The first-order valence-electron chi connectivity index (χ1n) is 8.80. The Labute approximate surface area is 157 Å². The molecular weight excluding hydrogens is 348 g/mol. The Balaban J connectivity index is 1.92. The molecule has 1 aromatic carbocycles. The second kappa shape index (κ2) is 8.32. The molecule has 1 aliphatic rings. The highest BCUT2D eigenvalue weighted by molar-refractivity contribution is 7.08. The van der Waals surface area contributed by atoms with E-state index in [1.54, 1.807) is 24.3 Å². The van der Waals surface area contributed by atoms with Crippen molar-refractivity contribution in [1.29, 1.82) is 0 Å². The summed E-state index contributed by atoms with van der Waals surface area (Å²) in [7, 11) is 0. The third-order valence-electron chi connectivity index (χ3n) is 4.51. The summed E-state index contributed by atoms with van der Waals surface area (Å²) in [6.45, 7) is 4.58. The van der Waals surface area contributed by atoms with Crippen LogP contribution in [-0.4, -0.2) is 25.0 Å². The summed E-state index contributed by atoms with van der Waals surface area (Å²) in [6, 6.07) is 9.71. The van der Waals surface area contributed by atoms with E-state index >= 15 is 0 Å². The van der Waals surface area contributed by atoms with Crippen molar-refractivity contribution in [2.75, 3.05) is 13.2 Å². The molecule has 136 valence electrons. The fourth-order valence-electron chi connectivity index (χ4n) is 3.32. The summed E-state index contributed by atoms with van der Waals surface area (Å²) in [5, 5.41) is 3.97. The van der Waals surface area contributed by atoms with Gasteiger partial charge in [0.1, 0.15) is 11.7 Å². The number of hydrogen-bond donors (Lipinski definition) is 0. The number of carbonyl (C=O) groups excluding carboxylic acids is 2. The van der Waals surface area contributed by atoms with Crippen LogP contribution in [0, 0.1) is 5.92 Å². The summed E-state index contributed by atoms with van der Waals surface area (Å²) >= 11 is 1.57. The van der Waals surface area contributed by atoms with Crippen molar-refractivity contribution in [3.63, 3.8) is 0 Å². The number of rotatable bonds is 6. The van der Waals surface area contributed by atoms with Crippen molar-refractivity contribution in [2.24, 2.45) is 5.92 Å². The molecule has 5 heteroatoms. The van der Waals surface area contributed by atoms with E-state index in [0.717, 1.165) is 22.4 Å². The number of allylic oxidation sites excluding steroid dienone is 2. The Morgan fingerprint density at radius 1 is 1.15 bits per heavy atom. The highest BCUT2D eigenvalue weighted by Crippen LogP contribution is 2.41. The zero-order valence-electron chi connectivity index (χ0n) is 14.9. The zero-order chi connectivity index (χ0) is 18.5. The highest BCUT2D eigenvalue weighted by Gasteiger charge is 2.39. The molecule has 1 aliphatic carbocycles. The van der Waals surface area contributed by atoms with E-state index in [9.17, 15) is 9.59 Å². The van der Waals surface area contributed by atoms with Crippen LogP contribution in [0.15, 0.2) is 47.2 Å². The molecule has 0 saturated heterocycles. The minimum Gasteiger partial charge on any atom is -0.494 e. The van der Waals surface area contributed by atoms with Crippen molar-refractivity contribution in [3.8, 4) is 5.75 Å². The van der Waals surface area contributed by atoms with Crippen molar-refractivity contribution < 1.29 is 19.1 Å². The van der Waals surface area contributed by atoms with Crippen molar-refractivity contribution in [3.05, 3.63) is 58.3 Å². The van der Waals surface area contributed by atoms with E-state index in [1.165, 1.54) is 0 Å². The minimum absolute atomic E-state index is 0.185. The fourth-order valence-corrected chi connectivity index (χ4v) is 4.04. The van der Waals surface area contributed by atoms with Gasteiger partial charge in [0.2, 0.25) is 0 Å². The van der Waals surface area contributed by atoms with Gasteiger partial charge in [0.25, 0.3) is 0 Å². The standard InChI is InChI=1S/C21H22O4S/c1-3-24-17-7-5-14(6-8-17)16-11-18(15-9-10-26-13-15)20(19(22)12-16)21(23)25-4-2/h5-10,12-13,18,20H,3-4,11H2,1-2H3/t18-,20+/m0/s1. The van der Waals surface area contributed by atoms with Gasteiger partial charge in [0, 0.05) is 5.92 Å². The molecule has 0 fully saturated rings. The van der Waals surface area contributed by atoms with Crippen LogP contribution in [0.25, 0.3) is 5.57 Å². The van der Waals surface area contributed by atoms with E-state index in [4.69, 9.17) is 9.47 Å². The Morgan fingerprint density at radius 2 is 1.92 bits per heavy atom. The summed E-state index contributed by atoms with van der Waals surface area (Å²) in [5.41, 5.74) is 2.93. The molecule has 2 aromatic rings. The van der Waals surface area contributed by atoms with E-state index in [1.807, 2.05) is 48.0 Å². The summed E-state index contributed by atoms with van der Waals surface area (Å²) in [6.07, 6.45) is 2.22. The van der Waals surface area contributed by atoms with Crippen LogP contribution < -0.4 is 4.74 Å². The lowest BCUT2D eigenvalue weighted by Crippen LogP contribution is -2.33. The van der Waals surface area contributed by atoms with Gasteiger partial charge >= 0.3 is 5.97 Å². The van der Waals surface area contributed by atoms with Crippen molar-refractivity contribution >= 4 is 28.7 Å². The monoisotopic (exact) mass is 370 g/mol. The summed E-state index contributed by atoms with van der Waals surface area (Å²) in [5.74, 6) is -0.779. The molecule has 2 atom stereocenters. The quantitative estimate of drug-likeness (QED) is 0.556. The maximum absolute atomic E-state index is 12.8. The summed E-state index contributed by atoms with van der Waals surface area (Å²) in [4.78, 5) is 25.2. The largest absolute Gasteiger partial charge is 0.494 e. The second-order valence-electron chi connectivity index (χ2n) is 6.13. The number of ketones is 1. The number of esters is 1. The van der Waals surface area contributed by atoms with E-state index in [0.29, 0.717) is 13.0 Å². The first-order chi connectivity index (χ1) is 12.6. The molecule has 0 N–H and O–H groups in total. The van der Waals surface area contributed by atoms with Gasteiger partial charge in [-0.05, 0) is 72.0 Å². The average molecular weight is 370 g/mol. The normalized spacial score (nSPS) is 19.8. The maximum Gasteiger partial charge on any atom is 0.317 e. The van der Waals surface area contributed by atoms with Gasteiger partial charge in [-0.1, -0.05) is 12.1 Å². The lowest BCUT2D eigenvalue weighted by molar-refractivity contribution is -0.151. The number of hydrogen-bond acceptors (Lipinski definition) is 5. The van der Waals surface area contributed by atoms with Crippen LogP contribution in [0.1, 0.15) is 37.3 Å². The van der Waals surface area contributed by atoms with Crippen LogP contribution in [-0.2, 0) is 14.3 Å². The Hall–Kier alpha value is -2.40. The number of benzene rings is 1. The van der Waals surface area contributed by atoms with Gasteiger partial charge in [0.15, 0.2) is 5.78 Å². The smallest absolute Gasteiger partial charge is 0.317 e. The second-order valence-corrected chi connectivity index (χ2v) is 6.91. The van der Waals surface area contributed by atoms with Crippen LogP contribution in [0.2, 0.25) is 0 Å². The molecule has 0 bridgehead atoms. The molecule has 1 aromatic heterocycles. The molecule has 0 aliphatic heterocycles. The van der Waals surface area contributed by atoms with Crippen LogP contribution in [0.3, 0.4) is 0 Å². The zero-order valence-corrected chi connectivity index (χ0v) is 15.8. The number of thiophene rings is 1. The molecule has 4 nitrogen and oxygen atoms in total. The predicted molar refractivity (Wildman–Crippen MR) is 102 cm³/mol. The van der Waals surface area contributed by atoms with Crippen LogP contribution in [0.4, 0.5) is 0 Å². The molecule has 0 amide bonds. The van der Waals surface area contributed by atoms with E-state index in [2.05, 4.69) is 0 Å². The van der Waals surface area contributed by atoms with Gasteiger partial charge in [-0.3, -0.25) is 9.59 Å². The molecule has 0 unspecified atom stereocenters. The van der Waals surface area contributed by atoms with Gasteiger partial charge < -0.3 is 9.47 Å². The molecule has 26 heavy (non-hydrogen) atoms. The summed E-state index contributed by atoms with van der Waals surface area (Å²) < 4.78 is 10.6. The van der Waals surface area contributed by atoms with Gasteiger partial charge in [0.05, 0.1) is 13.2 Å². The third kappa shape index (κ3) is 3.88. The molecule has 0 spiro atoms. The third-order valence-corrected chi connectivity index (χ3v) is 5.21. The number of carbonyl (C=O) groups is 2. The van der Waals surface area contributed by atoms with Crippen molar-refractivity contribution in [2.45, 2.75) is 26.2 Å². The lowest BCUT2D eigenvalue weighted by atomic mass is 9.74. The van der Waals surface area contributed by atoms with E-state index in [-0.39, 0.29) is 18.3 Å². The van der Waals surface area contributed by atoms with Crippen LogP contribution >= 0.6 is 11.3 Å². The minimum atomic E-state index is -0.768. The van der Waals surface area contributed by atoms with Gasteiger partial charge in [-0.25, -0.2) is 0 Å². The lowest BCUT2D eigenvalue weighted by Gasteiger charge is -2.28. The number of ether oxygens (including phenoxy) is 2. The predicted octanol–water partition coefficient (Wildman–Crippen LogP) is 4.47. The highest BCUT2D eigenvalue weighted by atomic mass is 32.1. The molecule has 0 saturated carbocycles. The van der Waals surface area contributed by atoms with Crippen molar-refractivity contribution in [1.82, 2.24) is 0 Å².